The molecule has 0 heterocycles. The third kappa shape index (κ3) is 13.2. The minimum Gasteiger partial charge on any atom is -0.466 e. The molecule has 0 aromatic carbocycles. The molecule has 0 fully saturated rings. The maximum absolute atomic E-state index is 11.7. The number of esters is 6. The Morgan fingerprint density at radius 1 is 0.533 bits per heavy atom. The SMILES string of the molecule is COC(=O)/C=C/C(=O)OCC(COC(=O)/C=C/C(=O)OC)OC(=O)/C=C/C(=O)OC. The number of hydrogen-bond acceptors (Lipinski definition) is 12. The fourth-order valence-corrected chi connectivity index (χ4v) is 1.38. The normalized spacial score (nSPS) is 10.8. The van der Waals surface area contributed by atoms with Crippen molar-refractivity contribution in [3.8, 4) is 0 Å². The summed E-state index contributed by atoms with van der Waals surface area (Å²) in [5.74, 6) is -5.37. The van der Waals surface area contributed by atoms with Gasteiger partial charge >= 0.3 is 35.8 Å². The zero-order valence-electron chi connectivity index (χ0n) is 16.4. The Labute approximate surface area is 171 Å². The van der Waals surface area contributed by atoms with E-state index < -0.39 is 55.1 Å². The predicted molar refractivity (Wildman–Crippen MR) is 95.3 cm³/mol. The molecular weight excluding hydrogens is 408 g/mol. The number of rotatable bonds is 11. The van der Waals surface area contributed by atoms with Crippen LogP contribution >= 0.6 is 0 Å². The van der Waals surface area contributed by atoms with Crippen LogP contribution in [0, 0.1) is 0 Å². The summed E-state index contributed by atoms with van der Waals surface area (Å²) >= 11 is 0. The molecule has 0 aliphatic rings. The Hall–Kier alpha value is -3.96. The molecule has 0 amide bonds. The monoisotopic (exact) mass is 428 g/mol. The van der Waals surface area contributed by atoms with Crippen molar-refractivity contribution in [2.24, 2.45) is 0 Å². The van der Waals surface area contributed by atoms with Gasteiger partial charge in [0.15, 0.2) is 6.10 Å². The maximum atomic E-state index is 11.7. The summed E-state index contributed by atoms with van der Waals surface area (Å²) in [6.07, 6.45) is 3.41. The first-order chi connectivity index (χ1) is 14.2. The zero-order valence-corrected chi connectivity index (χ0v) is 16.4. The van der Waals surface area contributed by atoms with E-state index in [9.17, 15) is 28.8 Å². The number of hydrogen-bond donors (Lipinski definition) is 0. The molecule has 0 saturated carbocycles. The van der Waals surface area contributed by atoms with E-state index in [4.69, 9.17) is 14.2 Å². The van der Waals surface area contributed by atoms with E-state index >= 15 is 0 Å². The van der Waals surface area contributed by atoms with E-state index in [1.165, 1.54) is 0 Å². The van der Waals surface area contributed by atoms with Gasteiger partial charge < -0.3 is 28.4 Å². The van der Waals surface area contributed by atoms with Gasteiger partial charge in [0, 0.05) is 36.5 Å². The van der Waals surface area contributed by atoms with Crippen LogP contribution in [0.25, 0.3) is 0 Å². The second-order valence-electron chi connectivity index (χ2n) is 4.89. The minimum atomic E-state index is -1.27. The van der Waals surface area contributed by atoms with Crippen LogP contribution in [0.3, 0.4) is 0 Å². The highest BCUT2D eigenvalue weighted by molar-refractivity contribution is 5.93. The van der Waals surface area contributed by atoms with Crippen LogP contribution in [0.5, 0.6) is 0 Å². The Morgan fingerprint density at radius 3 is 1.17 bits per heavy atom. The molecular formula is C18H20O12. The van der Waals surface area contributed by atoms with E-state index in [0.717, 1.165) is 57.8 Å². The van der Waals surface area contributed by atoms with Crippen LogP contribution < -0.4 is 0 Å². The molecule has 0 bridgehead atoms. The third-order valence-corrected chi connectivity index (χ3v) is 2.78. The first-order valence-corrected chi connectivity index (χ1v) is 8.04. The molecule has 0 atom stereocenters. The molecule has 12 heteroatoms. The van der Waals surface area contributed by atoms with Gasteiger partial charge in [0.05, 0.1) is 21.3 Å². The molecule has 164 valence electrons. The van der Waals surface area contributed by atoms with Gasteiger partial charge in [-0.15, -0.1) is 0 Å². The topological polar surface area (TPSA) is 158 Å². The van der Waals surface area contributed by atoms with Crippen LogP contribution in [0.2, 0.25) is 0 Å². The minimum absolute atomic E-state index is 0.559. The van der Waals surface area contributed by atoms with Crippen molar-refractivity contribution >= 4 is 35.8 Å². The standard InChI is InChI=1S/C18H20O12/c1-25-13(19)4-7-16(22)28-10-12(30-18(24)9-6-15(21)27-3)11-29-17(23)8-5-14(20)26-2/h4-9,12H,10-11H2,1-3H3/b7-4+,8-5+,9-6+. The van der Waals surface area contributed by atoms with Crippen LogP contribution in [0.1, 0.15) is 0 Å². The van der Waals surface area contributed by atoms with E-state index in [-0.39, 0.29) is 0 Å². The largest absolute Gasteiger partial charge is 0.466 e. The van der Waals surface area contributed by atoms with E-state index in [2.05, 4.69) is 14.2 Å². The summed E-state index contributed by atoms with van der Waals surface area (Å²) in [5, 5.41) is 0. The summed E-state index contributed by atoms with van der Waals surface area (Å²) in [6.45, 7) is -1.12. The van der Waals surface area contributed by atoms with Crippen molar-refractivity contribution < 1.29 is 57.2 Å². The second kappa shape index (κ2) is 15.0. The molecule has 12 nitrogen and oxygen atoms in total. The Morgan fingerprint density at radius 2 is 0.833 bits per heavy atom. The van der Waals surface area contributed by atoms with Crippen LogP contribution in [-0.4, -0.2) is 76.5 Å². The third-order valence-electron chi connectivity index (χ3n) is 2.78. The lowest BCUT2D eigenvalue weighted by Gasteiger charge is -2.16. The quantitative estimate of drug-likeness (QED) is 0.229. The van der Waals surface area contributed by atoms with Crippen molar-refractivity contribution in [2.45, 2.75) is 6.10 Å². The average Bonchev–Trinajstić information content (AvgIpc) is 2.75. The molecule has 0 N–H and O–H groups in total. The van der Waals surface area contributed by atoms with Crippen LogP contribution in [0.15, 0.2) is 36.5 Å². The van der Waals surface area contributed by atoms with Crippen LogP contribution in [-0.2, 0) is 57.2 Å². The molecule has 0 aromatic rings. The van der Waals surface area contributed by atoms with Gasteiger partial charge in [-0.1, -0.05) is 0 Å². The van der Waals surface area contributed by atoms with Crippen molar-refractivity contribution in [1.82, 2.24) is 0 Å². The highest BCUT2D eigenvalue weighted by atomic mass is 16.6. The number of carbonyl (C=O) groups is 6. The molecule has 0 aromatic heterocycles. The van der Waals surface area contributed by atoms with E-state index in [1.807, 2.05) is 0 Å². The smallest absolute Gasteiger partial charge is 0.331 e. The Bertz CT molecular complexity index is 689. The molecule has 30 heavy (non-hydrogen) atoms. The van der Waals surface area contributed by atoms with Crippen molar-refractivity contribution in [3.05, 3.63) is 36.5 Å². The zero-order chi connectivity index (χ0) is 22.9. The molecule has 0 spiro atoms. The highest BCUT2D eigenvalue weighted by Crippen LogP contribution is 2.00. The number of methoxy groups -OCH3 is 3. The van der Waals surface area contributed by atoms with Gasteiger partial charge in [0.25, 0.3) is 0 Å². The molecule has 0 radical (unpaired) electrons. The Balaban J connectivity index is 4.92. The highest BCUT2D eigenvalue weighted by Gasteiger charge is 2.18. The number of carbonyl (C=O) groups excluding carboxylic acids is 6. The summed E-state index contributed by atoms with van der Waals surface area (Å²) in [6, 6.07) is 0. The van der Waals surface area contributed by atoms with Crippen molar-refractivity contribution in [1.29, 1.82) is 0 Å². The van der Waals surface area contributed by atoms with E-state index in [0.29, 0.717) is 0 Å². The molecule has 0 rings (SSSR count). The van der Waals surface area contributed by atoms with Gasteiger partial charge in [-0.25, -0.2) is 28.8 Å². The molecule has 0 aliphatic carbocycles. The molecule has 0 unspecified atom stereocenters. The van der Waals surface area contributed by atoms with Gasteiger partial charge in [-0.2, -0.15) is 0 Å². The summed E-state index contributed by atoms with van der Waals surface area (Å²) in [4.78, 5) is 67.7. The fraction of sp³-hybridized carbons (Fsp3) is 0.333. The van der Waals surface area contributed by atoms with Crippen molar-refractivity contribution in [2.75, 3.05) is 34.5 Å². The summed E-state index contributed by atoms with van der Waals surface area (Å²) in [7, 11) is 3.32. The van der Waals surface area contributed by atoms with Crippen molar-refractivity contribution in [3.63, 3.8) is 0 Å². The Kier molecular flexibility index (Phi) is 13.0. The lowest BCUT2D eigenvalue weighted by molar-refractivity contribution is -0.160. The van der Waals surface area contributed by atoms with Gasteiger partial charge in [-0.3, -0.25) is 0 Å². The first kappa shape index (κ1) is 26.0. The molecule has 0 saturated heterocycles. The summed E-state index contributed by atoms with van der Waals surface area (Å²) in [5.41, 5.74) is 0. The lowest BCUT2D eigenvalue weighted by atomic mass is 10.4. The lowest BCUT2D eigenvalue weighted by Crippen LogP contribution is -2.30. The second-order valence-corrected chi connectivity index (χ2v) is 4.89. The molecule has 0 aliphatic heterocycles. The summed E-state index contributed by atoms with van der Waals surface area (Å²) < 4.78 is 27.4. The predicted octanol–water partition coefficient (Wildman–Crippen LogP) is -0.828. The fourth-order valence-electron chi connectivity index (χ4n) is 1.38. The average molecular weight is 428 g/mol. The van der Waals surface area contributed by atoms with Gasteiger partial charge in [0.2, 0.25) is 0 Å². The van der Waals surface area contributed by atoms with E-state index in [1.54, 1.807) is 0 Å². The number of ether oxygens (including phenoxy) is 6. The van der Waals surface area contributed by atoms with Crippen LogP contribution in [0.4, 0.5) is 0 Å². The maximum Gasteiger partial charge on any atom is 0.331 e. The first-order valence-electron chi connectivity index (χ1n) is 8.04. The van der Waals surface area contributed by atoms with Gasteiger partial charge in [0.1, 0.15) is 13.2 Å². The van der Waals surface area contributed by atoms with Gasteiger partial charge in [-0.05, 0) is 0 Å².